The summed E-state index contributed by atoms with van der Waals surface area (Å²) in [4.78, 5) is 36.4. The van der Waals surface area contributed by atoms with Crippen molar-refractivity contribution in [3.63, 3.8) is 0 Å². The first-order valence-electron chi connectivity index (χ1n) is 7.65. The van der Waals surface area contributed by atoms with E-state index in [4.69, 9.17) is 4.74 Å². The molecule has 7 nitrogen and oxygen atoms in total. The summed E-state index contributed by atoms with van der Waals surface area (Å²) < 4.78 is 7.97. The molecule has 1 aliphatic rings. The smallest absolute Gasteiger partial charge is 0.317 e. The molecule has 1 aromatic carbocycles. The Morgan fingerprint density at radius 2 is 2.00 bits per heavy atom. The van der Waals surface area contributed by atoms with Gasteiger partial charge in [-0.1, -0.05) is 12.1 Å². The van der Waals surface area contributed by atoms with E-state index in [1.807, 2.05) is 0 Å². The molecule has 0 bridgehead atoms. The molecule has 23 heavy (non-hydrogen) atoms. The van der Waals surface area contributed by atoms with Crippen LogP contribution >= 0.6 is 0 Å². The maximum atomic E-state index is 12.2. The standard InChI is InChI=1S/C16H19N3O4/c1-18-12-6-2-3-7-13(12)19(16(22)15(18)21)10-14(20)17-9-11-5-4-8-23-11/h2-3,6-7,11H,4-5,8-10H2,1H3,(H,17,20)/t11-/m1/s1. The Hall–Kier alpha value is -2.41. The number of benzene rings is 1. The van der Waals surface area contributed by atoms with Gasteiger partial charge in [-0.3, -0.25) is 19.0 Å². The Kier molecular flexibility index (Phi) is 4.29. The number of nitrogens with one attached hydrogen (secondary N) is 1. The third kappa shape index (κ3) is 3.05. The van der Waals surface area contributed by atoms with E-state index in [0.717, 1.165) is 19.4 Å². The summed E-state index contributed by atoms with van der Waals surface area (Å²) in [6.07, 6.45) is 1.96. The highest BCUT2D eigenvalue weighted by molar-refractivity contribution is 5.80. The van der Waals surface area contributed by atoms with Crippen LogP contribution in [0.4, 0.5) is 0 Å². The summed E-state index contributed by atoms with van der Waals surface area (Å²) >= 11 is 0. The molecule has 1 saturated heterocycles. The minimum absolute atomic E-state index is 0.0380. The monoisotopic (exact) mass is 317 g/mol. The van der Waals surface area contributed by atoms with E-state index in [9.17, 15) is 14.4 Å². The first-order valence-corrected chi connectivity index (χ1v) is 7.65. The Morgan fingerprint density at radius 1 is 1.26 bits per heavy atom. The highest BCUT2D eigenvalue weighted by atomic mass is 16.5. The van der Waals surface area contributed by atoms with Gasteiger partial charge in [-0.25, -0.2) is 0 Å². The molecule has 1 amide bonds. The number of nitrogens with zero attached hydrogens (tertiary/aromatic N) is 2. The molecule has 1 aromatic heterocycles. The van der Waals surface area contributed by atoms with Crippen molar-refractivity contribution in [3.05, 3.63) is 45.0 Å². The highest BCUT2D eigenvalue weighted by Gasteiger charge is 2.17. The number of carbonyl (C=O) groups is 1. The van der Waals surface area contributed by atoms with Gasteiger partial charge in [-0.05, 0) is 25.0 Å². The topological polar surface area (TPSA) is 82.3 Å². The fraction of sp³-hybridized carbons (Fsp3) is 0.438. The van der Waals surface area contributed by atoms with Crippen molar-refractivity contribution in [2.24, 2.45) is 7.05 Å². The number of carbonyl (C=O) groups excluding carboxylic acids is 1. The van der Waals surface area contributed by atoms with Gasteiger partial charge in [-0.15, -0.1) is 0 Å². The maximum absolute atomic E-state index is 12.2. The third-order valence-corrected chi connectivity index (χ3v) is 4.12. The Balaban J connectivity index is 1.86. The predicted molar refractivity (Wildman–Crippen MR) is 85.4 cm³/mol. The molecule has 2 aromatic rings. The zero-order valence-electron chi connectivity index (χ0n) is 12.9. The van der Waals surface area contributed by atoms with Gasteiger partial charge in [0.25, 0.3) is 0 Å². The van der Waals surface area contributed by atoms with Gasteiger partial charge in [0.05, 0.1) is 17.1 Å². The van der Waals surface area contributed by atoms with Gasteiger partial charge in [0.2, 0.25) is 5.91 Å². The summed E-state index contributed by atoms with van der Waals surface area (Å²) in [5, 5.41) is 2.77. The normalized spacial score (nSPS) is 17.5. The molecule has 0 aliphatic carbocycles. The second kappa shape index (κ2) is 6.37. The van der Waals surface area contributed by atoms with E-state index in [1.165, 1.54) is 9.13 Å². The van der Waals surface area contributed by atoms with Crippen LogP contribution in [0.1, 0.15) is 12.8 Å². The number of rotatable bonds is 4. The number of aromatic nitrogens is 2. The van der Waals surface area contributed by atoms with Crippen molar-refractivity contribution in [1.82, 2.24) is 14.5 Å². The largest absolute Gasteiger partial charge is 0.376 e. The van der Waals surface area contributed by atoms with E-state index in [1.54, 1.807) is 31.3 Å². The molecule has 0 spiro atoms. The van der Waals surface area contributed by atoms with Crippen LogP contribution < -0.4 is 16.4 Å². The van der Waals surface area contributed by atoms with Crippen LogP contribution in [0.15, 0.2) is 33.9 Å². The van der Waals surface area contributed by atoms with Gasteiger partial charge < -0.3 is 14.6 Å². The summed E-state index contributed by atoms with van der Waals surface area (Å²) in [6.45, 7) is 0.970. The molecule has 1 N–H and O–H groups in total. The summed E-state index contributed by atoms with van der Waals surface area (Å²) in [5.74, 6) is -0.305. The second-order valence-electron chi connectivity index (χ2n) is 5.68. The summed E-state index contributed by atoms with van der Waals surface area (Å²) in [6, 6.07) is 7.03. The lowest BCUT2D eigenvalue weighted by atomic mass is 10.2. The summed E-state index contributed by atoms with van der Waals surface area (Å²) in [7, 11) is 1.55. The zero-order chi connectivity index (χ0) is 16.4. The lowest BCUT2D eigenvalue weighted by Gasteiger charge is -2.14. The van der Waals surface area contributed by atoms with Crippen LogP contribution in [0.5, 0.6) is 0 Å². The van der Waals surface area contributed by atoms with Crippen LogP contribution in [0.25, 0.3) is 11.0 Å². The van der Waals surface area contributed by atoms with Gasteiger partial charge >= 0.3 is 11.1 Å². The number of amides is 1. The first kappa shape index (κ1) is 15.5. The van der Waals surface area contributed by atoms with Crippen LogP contribution in [-0.2, 0) is 23.1 Å². The van der Waals surface area contributed by atoms with E-state index < -0.39 is 11.1 Å². The van der Waals surface area contributed by atoms with Crippen LogP contribution in [-0.4, -0.2) is 34.3 Å². The second-order valence-corrected chi connectivity index (χ2v) is 5.68. The van der Waals surface area contributed by atoms with E-state index in [0.29, 0.717) is 17.6 Å². The molecule has 2 heterocycles. The van der Waals surface area contributed by atoms with Crippen LogP contribution in [0.2, 0.25) is 0 Å². The van der Waals surface area contributed by atoms with Crippen molar-refractivity contribution >= 4 is 16.9 Å². The quantitative estimate of drug-likeness (QED) is 0.805. The molecular weight excluding hydrogens is 298 g/mol. The lowest BCUT2D eigenvalue weighted by molar-refractivity contribution is -0.122. The van der Waals surface area contributed by atoms with Crippen molar-refractivity contribution in [1.29, 1.82) is 0 Å². The number of ether oxygens (including phenoxy) is 1. The molecule has 1 atom stereocenters. The first-order chi connectivity index (χ1) is 11.1. The Bertz CT molecular complexity index is 847. The Morgan fingerprint density at radius 3 is 2.70 bits per heavy atom. The van der Waals surface area contributed by atoms with Gasteiger partial charge in [-0.2, -0.15) is 0 Å². The molecule has 0 saturated carbocycles. The average Bonchev–Trinajstić information content (AvgIpc) is 3.08. The molecule has 3 rings (SSSR count). The molecule has 1 fully saturated rings. The van der Waals surface area contributed by atoms with Crippen LogP contribution in [0, 0.1) is 0 Å². The van der Waals surface area contributed by atoms with E-state index in [-0.39, 0.29) is 18.6 Å². The third-order valence-electron chi connectivity index (χ3n) is 4.12. The van der Waals surface area contributed by atoms with E-state index in [2.05, 4.69) is 5.32 Å². The fourth-order valence-corrected chi connectivity index (χ4v) is 2.84. The highest BCUT2D eigenvalue weighted by Crippen LogP contribution is 2.11. The van der Waals surface area contributed by atoms with Crippen molar-refractivity contribution in [2.45, 2.75) is 25.5 Å². The minimum atomic E-state index is -0.696. The van der Waals surface area contributed by atoms with Crippen LogP contribution in [0.3, 0.4) is 0 Å². The molecule has 0 radical (unpaired) electrons. The lowest BCUT2D eigenvalue weighted by Crippen LogP contribution is -2.43. The number of fused-ring (bicyclic) bond motifs is 1. The van der Waals surface area contributed by atoms with Gasteiger partial charge in [0, 0.05) is 20.2 Å². The molecule has 122 valence electrons. The van der Waals surface area contributed by atoms with Crippen molar-refractivity contribution < 1.29 is 9.53 Å². The number of para-hydroxylation sites is 2. The minimum Gasteiger partial charge on any atom is -0.376 e. The SMILES string of the molecule is Cn1c(=O)c(=O)n(CC(=O)NC[C@H]2CCCO2)c2ccccc21. The predicted octanol–water partition coefficient (Wildman–Crippen LogP) is -0.00460. The maximum Gasteiger partial charge on any atom is 0.317 e. The zero-order valence-corrected chi connectivity index (χ0v) is 12.9. The molecule has 1 aliphatic heterocycles. The number of aryl methyl sites for hydroxylation is 1. The van der Waals surface area contributed by atoms with Gasteiger partial charge in [0.15, 0.2) is 0 Å². The molecule has 7 heteroatoms. The van der Waals surface area contributed by atoms with Crippen molar-refractivity contribution in [2.75, 3.05) is 13.2 Å². The number of hydrogen-bond donors (Lipinski definition) is 1. The summed E-state index contributed by atoms with van der Waals surface area (Å²) in [5.41, 5.74) is -0.162. The molecule has 0 unspecified atom stereocenters. The fourth-order valence-electron chi connectivity index (χ4n) is 2.84. The van der Waals surface area contributed by atoms with Crippen molar-refractivity contribution in [3.8, 4) is 0 Å². The Labute approximate surface area is 132 Å². The average molecular weight is 317 g/mol. The number of hydrogen-bond acceptors (Lipinski definition) is 4. The van der Waals surface area contributed by atoms with E-state index >= 15 is 0 Å². The van der Waals surface area contributed by atoms with Gasteiger partial charge in [0.1, 0.15) is 6.54 Å². The molecular formula is C16H19N3O4.